The Morgan fingerprint density at radius 2 is 2.15 bits per heavy atom. The number of nitrogens with zero attached hydrogens (tertiary/aromatic N) is 2. The van der Waals surface area contributed by atoms with Crippen LogP contribution in [0.15, 0.2) is 35.7 Å². The SMILES string of the molecule is O=[S@](C[C@@H](O)COCc1ccc(Cl)cc1)c1ncn[nH]1. The minimum Gasteiger partial charge on any atom is -0.390 e. The maximum Gasteiger partial charge on any atom is 0.214 e. The quantitative estimate of drug-likeness (QED) is 0.800. The molecule has 2 atom stereocenters. The number of nitrogens with one attached hydrogen (secondary N) is 1. The molecule has 0 saturated heterocycles. The van der Waals surface area contributed by atoms with Crippen molar-refractivity contribution in [3.8, 4) is 0 Å². The molecular weight excluding hydrogens is 302 g/mol. The van der Waals surface area contributed by atoms with Crippen LogP contribution in [0.3, 0.4) is 0 Å². The third-order valence-corrected chi connectivity index (χ3v) is 4.01. The molecule has 0 aliphatic rings. The molecular formula is C12H14ClN3O3S. The number of benzene rings is 1. The molecule has 2 rings (SSSR count). The lowest BCUT2D eigenvalue weighted by atomic mass is 10.2. The molecule has 1 aromatic heterocycles. The van der Waals surface area contributed by atoms with Gasteiger partial charge in [-0.15, -0.1) is 0 Å². The van der Waals surface area contributed by atoms with E-state index in [1.54, 1.807) is 12.1 Å². The molecule has 20 heavy (non-hydrogen) atoms. The maximum atomic E-state index is 11.7. The van der Waals surface area contributed by atoms with Gasteiger partial charge < -0.3 is 9.84 Å². The van der Waals surface area contributed by atoms with E-state index in [0.29, 0.717) is 11.6 Å². The molecule has 108 valence electrons. The van der Waals surface area contributed by atoms with E-state index < -0.39 is 16.9 Å². The van der Waals surface area contributed by atoms with Gasteiger partial charge in [0.2, 0.25) is 5.16 Å². The molecule has 0 aliphatic carbocycles. The molecule has 0 radical (unpaired) electrons. The van der Waals surface area contributed by atoms with Gasteiger partial charge in [0.15, 0.2) is 0 Å². The van der Waals surface area contributed by atoms with E-state index in [9.17, 15) is 9.32 Å². The topological polar surface area (TPSA) is 88.1 Å². The van der Waals surface area contributed by atoms with Crippen molar-refractivity contribution >= 4 is 22.4 Å². The molecule has 8 heteroatoms. The lowest BCUT2D eigenvalue weighted by Crippen LogP contribution is -2.23. The number of H-pyrrole nitrogens is 1. The van der Waals surface area contributed by atoms with Crippen molar-refractivity contribution in [1.82, 2.24) is 15.2 Å². The monoisotopic (exact) mass is 315 g/mol. The fourth-order valence-corrected chi connectivity index (χ4v) is 2.55. The summed E-state index contributed by atoms with van der Waals surface area (Å²) in [5, 5.41) is 16.8. The highest BCUT2D eigenvalue weighted by Gasteiger charge is 2.13. The van der Waals surface area contributed by atoms with Gasteiger partial charge in [-0.2, -0.15) is 5.10 Å². The van der Waals surface area contributed by atoms with Crippen molar-refractivity contribution in [2.45, 2.75) is 17.9 Å². The van der Waals surface area contributed by atoms with Crippen LogP contribution in [-0.2, 0) is 22.1 Å². The lowest BCUT2D eigenvalue weighted by Gasteiger charge is -2.10. The van der Waals surface area contributed by atoms with Crippen LogP contribution in [0.1, 0.15) is 5.56 Å². The maximum absolute atomic E-state index is 11.7. The molecule has 0 bridgehead atoms. The molecule has 6 nitrogen and oxygen atoms in total. The number of hydrogen-bond acceptors (Lipinski definition) is 5. The Labute approximate surface area is 123 Å². The van der Waals surface area contributed by atoms with Gasteiger partial charge in [0.25, 0.3) is 0 Å². The fourth-order valence-electron chi connectivity index (χ4n) is 1.50. The largest absolute Gasteiger partial charge is 0.390 e. The van der Waals surface area contributed by atoms with Gasteiger partial charge in [0, 0.05) is 5.02 Å². The Bertz CT molecular complexity index is 548. The van der Waals surface area contributed by atoms with Crippen LogP contribution < -0.4 is 0 Å². The first-order valence-electron chi connectivity index (χ1n) is 5.89. The summed E-state index contributed by atoms with van der Waals surface area (Å²) in [5.41, 5.74) is 0.956. The average molecular weight is 316 g/mol. The van der Waals surface area contributed by atoms with E-state index in [1.165, 1.54) is 6.33 Å². The normalized spacial score (nSPS) is 14.1. The van der Waals surface area contributed by atoms with E-state index in [-0.39, 0.29) is 17.5 Å². The smallest absolute Gasteiger partial charge is 0.214 e. The molecule has 2 aromatic rings. The van der Waals surface area contributed by atoms with Gasteiger partial charge in [0.05, 0.1) is 35.9 Å². The number of halogens is 1. The Hall–Kier alpha value is -1.28. The molecule has 0 aliphatic heterocycles. The third kappa shape index (κ3) is 4.68. The first-order valence-corrected chi connectivity index (χ1v) is 7.59. The molecule has 1 heterocycles. The van der Waals surface area contributed by atoms with Crippen LogP contribution in [-0.4, -0.2) is 43.0 Å². The Morgan fingerprint density at radius 3 is 2.80 bits per heavy atom. The number of aromatic amines is 1. The zero-order chi connectivity index (χ0) is 14.4. The molecule has 0 amide bonds. The van der Waals surface area contributed by atoms with E-state index in [1.807, 2.05) is 12.1 Å². The van der Waals surface area contributed by atoms with Gasteiger partial charge in [-0.3, -0.25) is 9.31 Å². The zero-order valence-corrected chi connectivity index (χ0v) is 12.1. The second-order valence-electron chi connectivity index (χ2n) is 4.10. The summed E-state index contributed by atoms with van der Waals surface area (Å²) in [7, 11) is -1.41. The van der Waals surface area contributed by atoms with E-state index >= 15 is 0 Å². The first-order chi connectivity index (χ1) is 9.65. The Balaban J connectivity index is 1.71. The third-order valence-electron chi connectivity index (χ3n) is 2.44. The highest BCUT2D eigenvalue weighted by atomic mass is 35.5. The molecule has 1 aromatic carbocycles. The molecule has 0 fully saturated rings. The number of aromatic nitrogens is 3. The van der Waals surface area contributed by atoms with Crippen LogP contribution in [0.25, 0.3) is 0 Å². The summed E-state index contributed by atoms with van der Waals surface area (Å²) in [6.45, 7) is 0.464. The van der Waals surface area contributed by atoms with E-state index in [2.05, 4.69) is 15.2 Å². The van der Waals surface area contributed by atoms with Crippen molar-refractivity contribution < 1.29 is 14.1 Å². The summed E-state index contributed by atoms with van der Waals surface area (Å²) in [4.78, 5) is 3.77. The second kappa shape index (κ2) is 7.49. The minimum atomic E-state index is -1.41. The zero-order valence-electron chi connectivity index (χ0n) is 10.5. The molecule has 0 unspecified atom stereocenters. The lowest BCUT2D eigenvalue weighted by molar-refractivity contribution is 0.0394. The number of aliphatic hydroxyl groups excluding tert-OH is 1. The van der Waals surface area contributed by atoms with Crippen LogP contribution in [0, 0.1) is 0 Å². The summed E-state index contributed by atoms with van der Waals surface area (Å²) in [6, 6.07) is 7.24. The number of ether oxygens (including phenoxy) is 1. The number of aliphatic hydroxyl groups is 1. The van der Waals surface area contributed by atoms with Crippen LogP contribution in [0.2, 0.25) is 5.02 Å². The Kier molecular flexibility index (Phi) is 5.66. The second-order valence-corrected chi connectivity index (χ2v) is 5.95. The molecule has 2 N–H and O–H groups in total. The summed E-state index contributed by atoms with van der Waals surface area (Å²) >= 11 is 5.77. The number of rotatable bonds is 7. The minimum absolute atomic E-state index is 0.0514. The predicted molar refractivity (Wildman–Crippen MR) is 74.8 cm³/mol. The van der Waals surface area contributed by atoms with Crippen molar-refractivity contribution in [2.24, 2.45) is 0 Å². The van der Waals surface area contributed by atoms with Crippen molar-refractivity contribution in [1.29, 1.82) is 0 Å². The van der Waals surface area contributed by atoms with Crippen molar-refractivity contribution in [3.05, 3.63) is 41.2 Å². The van der Waals surface area contributed by atoms with Crippen molar-refractivity contribution in [3.63, 3.8) is 0 Å². The highest BCUT2D eigenvalue weighted by Crippen LogP contribution is 2.10. The van der Waals surface area contributed by atoms with Gasteiger partial charge in [-0.25, -0.2) is 4.98 Å². The highest BCUT2D eigenvalue weighted by molar-refractivity contribution is 7.84. The molecule has 0 spiro atoms. The standard InChI is InChI=1S/C12H14ClN3O3S/c13-10-3-1-9(2-4-10)5-19-6-11(17)7-20(18)12-14-8-15-16-12/h1-4,8,11,17H,5-7H2,(H,14,15,16)/t11-,20+/m0/s1. The molecule has 0 saturated carbocycles. The van der Waals surface area contributed by atoms with Crippen molar-refractivity contribution in [2.75, 3.05) is 12.4 Å². The fraction of sp³-hybridized carbons (Fsp3) is 0.333. The van der Waals surface area contributed by atoms with Gasteiger partial charge in [0.1, 0.15) is 6.33 Å². The van der Waals surface area contributed by atoms with Crippen LogP contribution in [0.4, 0.5) is 0 Å². The van der Waals surface area contributed by atoms with Gasteiger partial charge >= 0.3 is 0 Å². The predicted octanol–water partition coefficient (Wildman–Crippen LogP) is 1.14. The van der Waals surface area contributed by atoms with E-state index in [4.69, 9.17) is 16.3 Å². The van der Waals surface area contributed by atoms with Gasteiger partial charge in [-0.1, -0.05) is 23.7 Å². The average Bonchev–Trinajstić information content (AvgIpc) is 2.95. The summed E-state index contributed by atoms with van der Waals surface area (Å²) in [6.07, 6.45) is 0.449. The number of hydrogen-bond donors (Lipinski definition) is 2. The van der Waals surface area contributed by atoms with Gasteiger partial charge in [-0.05, 0) is 17.7 Å². The van der Waals surface area contributed by atoms with Crippen LogP contribution in [0.5, 0.6) is 0 Å². The van der Waals surface area contributed by atoms with E-state index in [0.717, 1.165) is 5.56 Å². The summed E-state index contributed by atoms with van der Waals surface area (Å²) in [5.74, 6) is 0.0514. The first kappa shape index (κ1) is 15.1. The summed E-state index contributed by atoms with van der Waals surface area (Å²) < 4.78 is 17.1. The van der Waals surface area contributed by atoms with Crippen LogP contribution >= 0.6 is 11.6 Å². The Morgan fingerprint density at radius 1 is 1.40 bits per heavy atom.